The van der Waals surface area contributed by atoms with E-state index in [0.717, 1.165) is 11.3 Å². The molecule has 1 heterocycles. The number of hydrogen-bond acceptors (Lipinski definition) is 5. The number of rotatable bonds is 8. The van der Waals surface area contributed by atoms with Gasteiger partial charge in [0, 0.05) is 29.3 Å². The molecule has 168 valence electrons. The molecule has 5 N–H and O–H groups in total. The number of H-pyrrole nitrogens is 1. The van der Waals surface area contributed by atoms with Crippen LogP contribution in [0.3, 0.4) is 0 Å². The topological polar surface area (TPSA) is 132 Å². The van der Waals surface area contributed by atoms with Gasteiger partial charge in [0.1, 0.15) is 5.69 Å². The van der Waals surface area contributed by atoms with E-state index in [2.05, 4.69) is 10.3 Å². The van der Waals surface area contributed by atoms with Crippen LogP contribution in [0.1, 0.15) is 16.1 Å². The molecule has 9 nitrogen and oxygen atoms in total. The first-order valence-corrected chi connectivity index (χ1v) is 10.1. The largest absolute Gasteiger partial charge is 0.477 e. The summed E-state index contributed by atoms with van der Waals surface area (Å²) in [5.41, 5.74) is 8.95. The third kappa shape index (κ3) is 5.51. The molecule has 0 unspecified atom stereocenters. The predicted molar refractivity (Wildman–Crippen MR) is 124 cm³/mol. The van der Waals surface area contributed by atoms with Gasteiger partial charge in [0.25, 0.3) is 0 Å². The van der Waals surface area contributed by atoms with Gasteiger partial charge in [-0.1, -0.05) is 12.1 Å². The Balaban J connectivity index is 1.66. The molecule has 0 aliphatic carbocycles. The Morgan fingerprint density at radius 3 is 2.53 bits per heavy atom. The lowest BCUT2D eigenvalue weighted by Gasteiger charge is -2.21. The van der Waals surface area contributed by atoms with E-state index < -0.39 is 12.0 Å². The molecule has 0 aliphatic heterocycles. The Hall–Kier alpha value is -3.69. The molecule has 0 radical (unpaired) electrons. The monoisotopic (exact) mass is 437 g/mol. The van der Waals surface area contributed by atoms with Crippen LogP contribution in [0.2, 0.25) is 0 Å². The molecular weight excluding hydrogens is 410 g/mol. The van der Waals surface area contributed by atoms with E-state index in [4.69, 9.17) is 10.8 Å². The van der Waals surface area contributed by atoms with Gasteiger partial charge in [-0.25, -0.2) is 4.79 Å². The number of carbonyl (C=O) groups is 3. The number of amides is 2. The minimum atomic E-state index is -1.05. The van der Waals surface area contributed by atoms with Gasteiger partial charge < -0.3 is 30.9 Å². The van der Waals surface area contributed by atoms with E-state index in [1.807, 2.05) is 38.4 Å². The van der Waals surface area contributed by atoms with Crippen LogP contribution in [-0.2, 0) is 16.0 Å². The molecule has 0 aliphatic rings. The highest BCUT2D eigenvalue weighted by molar-refractivity contribution is 5.99. The van der Waals surface area contributed by atoms with Gasteiger partial charge in [-0.15, -0.1) is 0 Å². The van der Waals surface area contributed by atoms with Crippen molar-refractivity contribution >= 4 is 40.1 Å². The summed E-state index contributed by atoms with van der Waals surface area (Å²) in [4.78, 5) is 42.2. The minimum Gasteiger partial charge on any atom is -0.477 e. The summed E-state index contributed by atoms with van der Waals surface area (Å²) in [7, 11) is 5.38. The summed E-state index contributed by atoms with van der Waals surface area (Å²) in [5, 5.41) is 12.5. The molecule has 2 aromatic carbocycles. The number of anilines is 2. The maximum Gasteiger partial charge on any atom is 0.352 e. The van der Waals surface area contributed by atoms with Gasteiger partial charge >= 0.3 is 5.97 Å². The summed E-state index contributed by atoms with van der Waals surface area (Å²) in [6, 6.07) is 13.1. The Kier molecular flexibility index (Phi) is 6.92. The third-order valence-corrected chi connectivity index (χ3v) is 5.03. The molecule has 1 atom stereocenters. The first-order valence-electron chi connectivity index (χ1n) is 10.1. The lowest BCUT2D eigenvalue weighted by molar-refractivity contribution is -0.119. The van der Waals surface area contributed by atoms with Gasteiger partial charge in [0.2, 0.25) is 11.8 Å². The number of carbonyl (C=O) groups excluding carboxylic acids is 2. The highest BCUT2D eigenvalue weighted by atomic mass is 16.4. The normalized spacial score (nSPS) is 12.0. The SMILES string of the molecule is CN(C)CC(=O)N(C)c1cccc(C[C@H](N)C(=O)Nc2ccc3[nH]c(C(=O)O)cc3c2)c1. The van der Waals surface area contributed by atoms with Crippen LogP contribution >= 0.6 is 0 Å². The number of nitrogens with two attached hydrogens (primary N) is 1. The minimum absolute atomic E-state index is 0.0413. The van der Waals surface area contributed by atoms with E-state index in [-0.39, 0.29) is 17.5 Å². The fourth-order valence-corrected chi connectivity index (χ4v) is 3.32. The van der Waals surface area contributed by atoms with E-state index in [1.54, 1.807) is 35.0 Å². The highest BCUT2D eigenvalue weighted by Crippen LogP contribution is 2.21. The molecule has 0 saturated carbocycles. The first kappa shape index (κ1) is 23.0. The summed E-state index contributed by atoms with van der Waals surface area (Å²) < 4.78 is 0. The molecule has 0 spiro atoms. The second kappa shape index (κ2) is 9.63. The number of carboxylic acids is 1. The number of aromatic amines is 1. The van der Waals surface area contributed by atoms with Gasteiger partial charge in [-0.05, 0) is 62.5 Å². The number of nitrogens with zero attached hydrogens (tertiary/aromatic N) is 2. The molecule has 0 bridgehead atoms. The van der Waals surface area contributed by atoms with Crippen LogP contribution in [0, 0.1) is 0 Å². The van der Waals surface area contributed by atoms with E-state index in [0.29, 0.717) is 29.6 Å². The van der Waals surface area contributed by atoms with Crippen LogP contribution < -0.4 is 16.0 Å². The van der Waals surface area contributed by atoms with Crippen molar-refractivity contribution in [3.8, 4) is 0 Å². The molecule has 9 heteroatoms. The van der Waals surface area contributed by atoms with Crippen LogP contribution in [-0.4, -0.2) is 66.5 Å². The van der Waals surface area contributed by atoms with Crippen molar-refractivity contribution in [2.24, 2.45) is 5.73 Å². The molecule has 2 amide bonds. The zero-order valence-electron chi connectivity index (χ0n) is 18.3. The zero-order chi connectivity index (χ0) is 23.4. The summed E-state index contributed by atoms with van der Waals surface area (Å²) in [5.74, 6) is -1.45. The Morgan fingerprint density at radius 2 is 1.84 bits per heavy atom. The second-order valence-corrected chi connectivity index (χ2v) is 7.95. The summed E-state index contributed by atoms with van der Waals surface area (Å²) >= 11 is 0. The van der Waals surface area contributed by atoms with Gasteiger partial charge in [-0.2, -0.15) is 0 Å². The van der Waals surface area contributed by atoms with Crippen LogP contribution in [0.15, 0.2) is 48.5 Å². The van der Waals surface area contributed by atoms with Crippen molar-refractivity contribution in [3.63, 3.8) is 0 Å². The maximum atomic E-state index is 12.6. The van der Waals surface area contributed by atoms with Crippen molar-refractivity contribution in [1.82, 2.24) is 9.88 Å². The third-order valence-electron chi connectivity index (χ3n) is 5.03. The lowest BCUT2D eigenvalue weighted by Crippen LogP contribution is -2.37. The second-order valence-electron chi connectivity index (χ2n) is 7.95. The van der Waals surface area contributed by atoms with Crippen molar-refractivity contribution in [2.75, 3.05) is 37.9 Å². The van der Waals surface area contributed by atoms with Gasteiger partial charge in [0.15, 0.2) is 0 Å². The molecule has 0 saturated heterocycles. The zero-order valence-corrected chi connectivity index (χ0v) is 18.3. The fourth-order valence-electron chi connectivity index (χ4n) is 3.32. The number of benzene rings is 2. The molecule has 0 fully saturated rings. The molecular formula is C23H27N5O4. The fraction of sp³-hybridized carbons (Fsp3) is 0.261. The van der Waals surface area contributed by atoms with Crippen LogP contribution in [0.4, 0.5) is 11.4 Å². The van der Waals surface area contributed by atoms with Gasteiger partial charge in [-0.3, -0.25) is 9.59 Å². The van der Waals surface area contributed by atoms with Crippen molar-refractivity contribution < 1.29 is 19.5 Å². The predicted octanol–water partition coefficient (Wildman–Crippen LogP) is 1.90. The maximum absolute atomic E-state index is 12.6. The number of carboxylic acid groups (broad SMARTS) is 1. The van der Waals surface area contributed by atoms with E-state index >= 15 is 0 Å². The number of fused-ring (bicyclic) bond motifs is 1. The number of aromatic carboxylic acids is 1. The number of aromatic nitrogens is 1. The smallest absolute Gasteiger partial charge is 0.352 e. The number of likely N-dealkylation sites (N-methyl/N-ethyl adjacent to an activating group) is 2. The standard InChI is InChI=1S/C23H27N5O4/c1-27(2)13-21(29)28(3)17-6-4-5-14(9-17)10-18(24)22(30)25-16-7-8-19-15(11-16)12-20(26-19)23(31)32/h4-9,11-12,18,26H,10,13,24H2,1-3H3,(H,25,30)(H,31,32)/t18-/m0/s1. The summed E-state index contributed by atoms with van der Waals surface area (Å²) in [6.45, 7) is 0.294. The Labute approximate surface area is 185 Å². The number of hydrogen-bond donors (Lipinski definition) is 4. The molecule has 3 rings (SSSR count). The molecule has 1 aromatic heterocycles. The highest BCUT2D eigenvalue weighted by Gasteiger charge is 2.17. The van der Waals surface area contributed by atoms with Crippen LogP contribution in [0.25, 0.3) is 10.9 Å². The Bertz CT molecular complexity index is 1150. The summed E-state index contributed by atoms with van der Waals surface area (Å²) in [6.07, 6.45) is 0.297. The van der Waals surface area contributed by atoms with E-state index in [9.17, 15) is 14.4 Å². The van der Waals surface area contributed by atoms with Crippen LogP contribution in [0.5, 0.6) is 0 Å². The lowest BCUT2D eigenvalue weighted by atomic mass is 10.0. The quantitative estimate of drug-likeness (QED) is 0.426. The Morgan fingerprint density at radius 1 is 1.09 bits per heavy atom. The van der Waals surface area contributed by atoms with E-state index in [1.165, 1.54) is 6.07 Å². The van der Waals surface area contributed by atoms with Gasteiger partial charge in [0.05, 0.1) is 12.6 Å². The first-order chi connectivity index (χ1) is 15.1. The van der Waals surface area contributed by atoms with Crippen molar-refractivity contribution in [3.05, 3.63) is 59.8 Å². The van der Waals surface area contributed by atoms with Crippen molar-refractivity contribution in [1.29, 1.82) is 0 Å². The van der Waals surface area contributed by atoms with Crippen molar-refractivity contribution in [2.45, 2.75) is 12.5 Å². The average molecular weight is 438 g/mol. The molecule has 3 aromatic rings. The average Bonchev–Trinajstić information content (AvgIpc) is 3.16. The molecule has 32 heavy (non-hydrogen) atoms. The number of nitrogens with one attached hydrogen (secondary N) is 2.